The minimum Gasteiger partial charge on any atom is -0.223 e. The normalized spacial score (nSPS) is 12.9. The lowest BCUT2D eigenvalue weighted by Gasteiger charge is -1.99. The van der Waals surface area contributed by atoms with E-state index in [0.717, 1.165) is 18.0 Å². The summed E-state index contributed by atoms with van der Waals surface area (Å²) in [6.07, 6.45) is 2.79. The van der Waals surface area contributed by atoms with Crippen molar-refractivity contribution < 1.29 is 16.8 Å². The molecule has 0 radical (unpaired) electrons. The van der Waals surface area contributed by atoms with Crippen LogP contribution >= 0.6 is 45.2 Å². The summed E-state index contributed by atoms with van der Waals surface area (Å²) in [5, 5.41) is 0.915. The first kappa shape index (κ1) is 20.6. The Morgan fingerprint density at radius 1 is 0.640 bits per heavy atom. The first-order chi connectivity index (χ1) is 11.7. The Hall–Kier alpha value is -0.720. The maximum Gasteiger partial charge on any atom is 0.186 e. The zero-order valence-electron chi connectivity index (χ0n) is 12.8. The zero-order valence-corrected chi connectivity index (χ0v) is 18.8. The van der Waals surface area contributed by atoms with Crippen molar-refractivity contribution in [3.8, 4) is 0 Å². The molecule has 0 aliphatic rings. The first-order valence-corrected chi connectivity index (χ1v) is 12.6. The lowest BCUT2D eigenvalue weighted by molar-refractivity contribution is 0.598. The standard InChI is InChI=1S/C17H14I2O4S2/c18-16-5-1-14(2-6-16)9-11-24(20,21)13-25(22,23)12-10-15-3-7-17(19)8-4-15/h1-12H,13H2/b11-9-,12-10+. The van der Waals surface area contributed by atoms with Crippen LogP contribution in [0.2, 0.25) is 0 Å². The van der Waals surface area contributed by atoms with Gasteiger partial charge in [0.2, 0.25) is 0 Å². The van der Waals surface area contributed by atoms with E-state index < -0.39 is 24.8 Å². The van der Waals surface area contributed by atoms with Crippen LogP contribution in [0.4, 0.5) is 0 Å². The Balaban J connectivity index is 2.09. The summed E-state index contributed by atoms with van der Waals surface area (Å²) < 4.78 is 50.2. The van der Waals surface area contributed by atoms with Crippen molar-refractivity contribution in [3.63, 3.8) is 0 Å². The molecule has 0 unspecified atom stereocenters. The van der Waals surface area contributed by atoms with Gasteiger partial charge in [-0.25, -0.2) is 16.8 Å². The molecule has 132 valence electrons. The summed E-state index contributed by atoms with van der Waals surface area (Å²) in [5.74, 6) is 0. The number of benzene rings is 2. The highest BCUT2D eigenvalue weighted by atomic mass is 127. The third kappa shape index (κ3) is 7.59. The average Bonchev–Trinajstić information content (AvgIpc) is 2.53. The Labute approximate surface area is 175 Å². The van der Waals surface area contributed by atoms with Crippen molar-refractivity contribution in [2.75, 3.05) is 5.08 Å². The molecule has 0 fully saturated rings. The number of sulfone groups is 2. The Kier molecular flexibility index (Phi) is 7.23. The summed E-state index contributed by atoms with van der Waals surface area (Å²) in [6, 6.07) is 14.4. The van der Waals surface area contributed by atoms with E-state index in [1.807, 2.05) is 24.3 Å². The predicted molar refractivity (Wildman–Crippen MR) is 119 cm³/mol. The van der Waals surface area contributed by atoms with Gasteiger partial charge in [0, 0.05) is 18.0 Å². The molecule has 0 bridgehead atoms. The molecular weight excluding hydrogens is 586 g/mol. The number of halogens is 2. The van der Waals surface area contributed by atoms with Crippen molar-refractivity contribution in [1.29, 1.82) is 0 Å². The van der Waals surface area contributed by atoms with Crippen LogP contribution in [0, 0.1) is 7.14 Å². The van der Waals surface area contributed by atoms with E-state index in [1.165, 1.54) is 12.2 Å². The van der Waals surface area contributed by atoms with Gasteiger partial charge in [0.1, 0.15) is 0 Å². The van der Waals surface area contributed by atoms with Gasteiger partial charge in [0.05, 0.1) is 0 Å². The highest BCUT2D eigenvalue weighted by molar-refractivity contribution is 14.1. The van der Waals surface area contributed by atoms with Gasteiger partial charge in [-0.15, -0.1) is 0 Å². The third-order valence-corrected chi connectivity index (χ3v) is 8.17. The molecule has 0 saturated heterocycles. The molecule has 25 heavy (non-hydrogen) atoms. The molecule has 0 spiro atoms. The molecule has 8 heteroatoms. The largest absolute Gasteiger partial charge is 0.223 e. The third-order valence-electron chi connectivity index (χ3n) is 3.00. The van der Waals surface area contributed by atoms with Crippen molar-refractivity contribution in [1.82, 2.24) is 0 Å². The first-order valence-electron chi connectivity index (χ1n) is 6.98. The SMILES string of the molecule is O=S(=O)(/C=C\c1ccc(I)cc1)CS(=O)(=O)/C=C/c1ccc(I)cc1. The molecule has 2 aromatic carbocycles. The summed E-state index contributed by atoms with van der Waals surface area (Å²) >= 11 is 4.29. The minimum absolute atomic E-state index is 0.691. The molecule has 0 heterocycles. The Morgan fingerprint density at radius 3 is 1.28 bits per heavy atom. The molecule has 0 aliphatic carbocycles. The maximum atomic E-state index is 12.0. The van der Waals surface area contributed by atoms with Gasteiger partial charge in [0.15, 0.2) is 24.8 Å². The van der Waals surface area contributed by atoms with Gasteiger partial charge >= 0.3 is 0 Å². The second kappa shape index (κ2) is 8.78. The van der Waals surface area contributed by atoms with Crippen LogP contribution in [0.1, 0.15) is 11.1 Å². The molecule has 0 aromatic heterocycles. The lowest BCUT2D eigenvalue weighted by Crippen LogP contribution is -2.11. The van der Waals surface area contributed by atoms with Gasteiger partial charge in [-0.3, -0.25) is 0 Å². The van der Waals surface area contributed by atoms with E-state index in [1.54, 1.807) is 24.3 Å². The fraction of sp³-hybridized carbons (Fsp3) is 0.0588. The van der Waals surface area contributed by atoms with Gasteiger partial charge in [-0.1, -0.05) is 24.3 Å². The molecule has 0 N–H and O–H groups in total. The smallest absolute Gasteiger partial charge is 0.186 e. The van der Waals surface area contributed by atoms with E-state index in [0.29, 0.717) is 11.1 Å². The van der Waals surface area contributed by atoms with E-state index >= 15 is 0 Å². The predicted octanol–water partition coefficient (Wildman–Crippen LogP) is 4.32. The van der Waals surface area contributed by atoms with Crippen LogP contribution in [-0.4, -0.2) is 21.9 Å². The van der Waals surface area contributed by atoms with Crippen molar-refractivity contribution in [2.24, 2.45) is 0 Å². The molecule has 2 rings (SSSR count). The average molecular weight is 600 g/mol. The summed E-state index contributed by atoms with van der Waals surface area (Å²) in [6.45, 7) is 0. The van der Waals surface area contributed by atoms with Gasteiger partial charge in [-0.05, 0) is 92.7 Å². The van der Waals surface area contributed by atoms with Crippen molar-refractivity contribution in [2.45, 2.75) is 0 Å². The summed E-state index contributed by atoms with van der Waals surface area (Å²) in [4.78, 5) is 0. The monoisotopic (exact) mass is 600 g/mol. The lowest BCUT2D eigenvalue weighted by atomic mass is 10.2. The zero-order chi connectivity index (χ0) is 18.5. The van der Waals surface area contributed by atoms with E-state index in [-0.39, 0.29) is 0 Å². The van der Waals surface area contributed by atoms with Gasteiger partial charge in [0.25, 0.3) is 0 Å². The van der Waals surface area contributed by atoms with Crippen LogP contribution in [0.25, 0.3) is 12.2 Å². The number of rotatable bonds is 6. The van der Waals surface area contributed by atoms with Gasteiger partial charge in [-0.2, -0.15) is 0 Å². The summed E-state index contributed by atoms with van der Waals surface area (Å²) in [7, 11) is -7.76. The molecule has 0 atom stereocenters. The van der Waals surface area contributed by atoms with Crippen LogP contribution in [0.5, 0.6) is 0 Å². The molecule has 4 nitrogen and oxygen atoms in total. The fourth-order valence-electron chi connectivity index (χ4n) is 1.82. The highest BCUT2D eigenvalue weighted by Crippen LogP contribution is 2.12. The Morgan fingerprint density at radius 2 is 0.960 bits per heavy atom. The topological polar surface area (TPSA) is 68.3 Å². The maximum absolute atomic E-state index is 12.0. The van der Waals surface area contributed by atoms with E-state index in [4.69, 9.17) is 0 Å². The quantitative estimate of drug-likeness (QED) is 0.464. The second-order valence-electron chi connectivity index (χ2n) is 5.15. The number of hydrogen-bond acceptors (Lipinski definition) is 4. The molecule has 0 saturated carbocycles. The highest BCUT2D eigenvalue weighted by Gasteiger charge is 2.17. The second-order valence-corrected chi connectivity index (χ2v) is 11.8. The minimum atomic E-state index is -3.88. The van der Waals surface area contributed by atoms with Crippen molar-refractivity contribution in [3.05, 3.63) is 77.6 Å². The fourth-order valence-corrected chi connectivity index (χ4v) is 5.73. The van der Waals surface area contributed by atoms with Crippen molar-refractivity contribution >= 4 is 77.0 Å². The number of hydrogen-bond donors (Lipinski definition) is 0. The molecule has 0 aliphatic heterocycles. The van der Waals surface area contributed by atoms with Gasteiger partial charge < -0.3 is 0 Å². The molecule has 2 aromatic rings. The van der Waals surface area contributed by atoms with E-state index in [9.17, 15) is 16.8 Å². The van der Waals surface area contributed by atoms with Crippen LogP contribution < -0.4 is 0 Å². The molecule has 0 amide bonds. The molecular formula is C17H14I2O4S2. The Bertz CT molecular complexity index is 906. The van der Waals surface area contributed by atoms with Crippen LogP contribution in [-0.2, 0) is 19.7 Å². The van der Waals surface area contributed by atoms with Crippen LogP contribution in [0.15, 0.2) is 59.3 Å². The van der Waals surface area contributed by atoms with Crippen LogP contribution in [0.3, 0.4) is 0 Å². The van der Waals surface area contributed by atoms with E-state index in [2.05, 4.69) is 45.2 Å². The summed E-state index contributed by atoms with van der Waals surface area (Å²) in [5.41, 5.74) is 1.38.